The third-order valence-corrected chi connectivity index (χ3v) is 4.37. The van der Waals surface area contributed by atoms with Gasteiger partial charge in [0.05, 0.1) is 18.7 Å². The number of nitrogens with two attached hydrogens (primary N) is 1. The van der Waals surface area contributed by atoms with Crippen LogP contribution < -0.4 is 15.8 Å². The Bertz CT molecular complexity index is 521. The second kappa shape index (κ2) is 8.25. The van der Waals surface area contributed by atoms with Gasteiger partial charge in [0, 0.05) is 12.6 Å². The van der Waals surface area contributed by atoms with Gasteiger partial charge >= 0.3 is 0 Å². The average Bonchev–Trinajstić information content (AvgIpc) is 2.98. The molecule has 2 rings (SSSR count). The van der Waals surface area contributed by atoms with Crippen LogP contribution in [-0.4, -0.2) is 43.6 Å². The van der Waals surface area contributed by atoms with Crippen LogP contribution in [0.3, 0.4) is 0 Å². The third kappa shape index (κ3) is 4.52. The highest BCUT2D eigenvalue weighted by atomic mass is 35.5. The molecule has 1 heterocycles. The Morgan fingerprint density at radius 1 is 1.55 bits per heavy atom. The molecule has 1 aromatic carbocycles. The van der Waals surface area contributed by atoms with Gasteiger partial charge in [0.25, 0.3) is 0 Å². The van der Waals surface area contributed by atoms with Crippen molar-refractivity contribution in [2.75, 3.05) is 26.7 Å². The van der Waals surface area contributed by atoms with Crippen molar-refractivity contribution in [1.29, 1.82) is 0 Å². The largest absolute Gasteiger partial charge is 0.495 e. The van der Waals surface area contributed by atoms with Gasteiger partial charge in [-0.3, -0.25) is 4.90 Å². The van der Waals surface area contributed by atoms with E-state index in [1.165, 1.54) is 19.4 Å². The van der Waals surface area contributed by atoms with Crippen molar-refractivity contribution >= 4 is 17.6 Å². The summed E-state index contributed by atoms with van der Waals surface area (Å²) < 4.78 is 5.13. The first-order valence-electron chi connectivity index (χ1n) is 7.74. The predicted molar refractivity (Wildman–Crippen MR) is 91.6 cm³/mol. The van der Waals surface area contributed by atoms with Crippen LogP contribution in [0.4, 0.5) is 0 Å². The average molecular weight is 325 g/mol. The second-order valence-corrected chi connectivity index (χ2v) is 5.88. The first-order chi connectivity index (χ1) is 10.6. The molecule has 1 saturated heterocycles. The Hall–Kier alpha value is -1.46. The van der Waals surface area contributed by atoms with E-state index in [9.17, 15) is 0 Å². The van der Waals surface area contributed by atoms with Crippen LogP contribution >= 0.6 is 11.6 Å². The molecule has 5 nitrogen and oxygen atoms in total. The van der Waals surface area contributed by atoms with Gasteiger partial charge in [0.2, 0.25) is 0 Å². The van der Waals surface area contributed by atoms with E-state index < -0.39 is 0 Å². The van der Waals surface area contributed by atoms with E-state index in [2.05, 4.69) is 22.1 Å². The number of ether oxygens (including phenoxy) is 1. The van der Waals surface area contributed by atoms with Crippen LogP contribution in [0.25, 0.3) is 0 Å². The molecule has 0 spiro atoms. The van der Waals surface area contributed by atoms with Crippen molar-refractivity contribution < 1.29 is 4.74 Å². The van der Waals surface area contributed by atoms with Gasteiger partial charge in [0.1, 0.15) is 5.75 Å². The van der Waals surface area contributed by atoms with Crippen LogP contribution in [0.2, 0.25) is 5.02 Å². The van der Waals surface area contributed by atoms with Crippen molar-refractivity contribution in [1.82, 2.24) is 10.2 Å². The van der Waals surface area contributed by atoms with Gasteiger partial charge in [-0.15, -0.1) is 0 Å². The number of rotatable bonds is 6. The molecule has 0 saturated carbocycles. The summed E-state index contributed by atoms with van der Waals surface area (Å²) in [6.07, 6.45) is 2.49. The summed E-state index contributed by atoms with van der Waals surface area (Å²) in [6, 6.07) is 6.20. The molecule has 0 radical (unpaired) electrons. The van der Waals surface area contributed by atoms with E-state index >= 15 is 0 Å². The Labute approximate surface area is 137 Å². The topological polar surface area (TPSA) is 62.9 Å². The number of aliphatic imine (C=N–C) groups is 1. The molecule has 1 aromatic rings. The molecule has 1 aliphatic rings. The van der Waals surface area contributed by atoms with Crippen molar-refractivity contribution in [2.24, 2.45) is 10.7 Å². The maximum absolute atomic E-state index is 6.10. The zero-order chi connectivity index (χ0) is 15.9. The van der Waals surface area contributed by atoms with Crippen molar-refractivity contribution in [2.45, 2.75) is 32.4 Å². The minimum atomic E-state index is 0.481. The van der Waals surface area contributed by atoms with Gasteiger partial charge < -0.3 is 15.8 Å². The zero-order valence-corrected chi connectivity index (χ0v) is 14.1. The van der Waals surface area contributed by atoms with E-state index in [-0.39, 0.29) is 0 Å². The van der Waals surface area contributed by atoms with E-state index in [4.69, 9.17) is 22.1 Å². The summed E-state index contributed by atoms with van der Waals surface area (Å²) in [6.45, 7) is 5.83. The number of methoxy groups -OCH3 is 1. The monoisotopic (exact) mass is 324 g/mol. The molecular weight excluding hydrogens is 300 g/mol. The van der Waals surface area contributed by atoms with E-state index in [0.717, 1.165) is 18.7 Å². The third-order valence-electron chi connectivity index (χ3n) is 4.07. The minimum absolute atomic E-state index is 0.481. The van der Waals surface area contributed by atoms with Gasteiger partial charge in [-0.1, -0.05) is 24.6 Å². The van der Waals surface area contributed by atoms with E-state index in [1.54, 1.807) is 7.11 Å². The van der Waals surface area contributed by atoms with Crippen LogP contribution in [0.15, 0.2) is 23.2 Å². The van der Waals surface area contributed by atoms with Crippen molar-refractivity contribution in [3.63, 3.8) is 0 Å². The number of hydrogen-bond acceptors (Lipinski definition) is 3. The van der Waals surface area contributed by atoms with Crippen LogP contribution in [0.1, 0.15) is 25.3 Å². The summed E-state index contributed by atoms with van der Waals surface area (Å²) in [4.78, 5) is 6.84. The highest BCUT2D eigenvalue weighted by Gasteiger charge is 2.22. The molecule has 1 fully saturated rings. The molecule has 1 unspecified atom stereocenters. The lowest BCUT2D eigenvalue weighted by Gasteiger charge is -2.23. The fourth-order valence-electron chi connectivity index (χ4n) is 2.81. The van der Waals surface area contributed by atoms with Crippen LogP contribution in [-0.2, 0) is 6.54 Å². The maximum Gasteiger partial charge on any atom is 0.188 e. The smallest absolute Gasteiger partial charge is 0.188 e. The lowest BCUT2D eigenvalue weighted by molar-refractivity contribution is 0.267. The lowest BCUT2D eigenvalue weighted by atomic mass is 10.2. The maximum atomic E-state index is 6.10. The standard InChI is InChI=1S/C16H25ClN4O/c1-3-21-8-4-5-13(21)11-20-16(18)19-10-12-6-7-15(22-2)14(17)9-12/h6-7,9,13H,3-5,8,10-11H2,1-2H3,(H3,18,19,20). The summed E-state index contributed by atoms with van der Waals surface area (Å²) in [5.41, 5.74) is 6.95. The number of nitrogens with zero attached hydrogens (tertiary/aromatic N) is 2. The van der Waals surface area contributed by atoms with Gasteiger partial charge in [-0.05, 0) is 43.6 Å². The van der Waals surface area contributed by atoms with Gasteiger partial charge in [-0.25, -0.2) is 4.99 Å². The van der Waals surface area contributed by atoms with Crippen LogP contribution in [0, 0.1) is 0 Å². The quantitative estimate of drug-likeness (QED) is 0.622. The second-order valence-electron chi connectivity index (χ2n) is 5.48. The number of likely N-dealkylation sites (tertiary alicyclic amines) is 1. The molecule has 0 aliphatic carbocycles. The Morgan fingerprint density at radius 3 is 3.05 bits per heavy atom. The Balaban J connectivity index is 1.83. The lowest BCUT2D eigenvalue weighted by Crippen LogP contribution is -2.42. The first-order valence-corrected chi connectivity index (χ1v) is 8.12. The van der Waals surface area contributed by atoms with Gasteiger partial charge in [0.15, 0.2) is 5.96 Å². The first kappa shape index (κ1) is 16.9. The fourth-order valence-corrected chi connectivity index (χ4v) is 3.09. The predicted octanol–water partition coefficient (Wildman–Crippen LogP) is 2.24. The Kier molecular flexibility index (Phi) is 6.34. The van der Waals surface area contributed by atoms with Crippen molar-refractivity contribution in [3.05, 3.63) is 28.8 Å². The SMILES string of the molecule is CCN1CCCC1CNC(N)=NCc1ccc(OC)c(Cl)c1. The Morgan fingerprint density at radius 2 is 2.36 bits per heavy atom. The zero-order valence-electron chi connectivity index (χ0n) is 13.3. The van der Waals surface area contributed by atoms with Crippen LogP contribution in [0.5, 0.6) is 5.75 Å². The number of guanidine groups is 1. The molecule has 122 valence electrons. The molecule has 3 N–H and O–H groups in total. The number of hydrogen-bond donors (Lipinski definition) is 2. The minimum Gasteiger partial charge on any atom is -0.495 e. The molecular formula is C16H25ClN4O. The highest BCUT2D eigenvalue weighted by Crippen LogP contribution is 2.25. The molecule has 22 heavy (non-hydrogen) atoms. The molecule has 0 bridgehead atoms. The number of nitrogens with one attached hydrogen (secondary N) is 1. The van der Waals surface area contributed by atoms with Crippen molar-refractivity contribution in [3.8, 4) is 5.75 Å². The molecule has 6 heteroatoms. The summed E-state index contributed by atoms with van der Waals surface area (Å²) in [5.74, 6) is 1.15. The summed E-state index contributed by atoms with van der Waals surface area (Å²) in [5, 5.41) is 3.81. The normalized spacial score (nSPS) is 19.4. The summed E-state index contributed by atoms with van der Waals surface area (Å²) >= 11 is 6.10. The highest BCUT2D eigenvalue weighted by molar-refractivity contribution is 6.32. The molecule has 1 aliphatic heterocycles. The van der Waals surface area contributed by atoms with Gasteiger partial charge in [-0.2, -0.15) is 0 Å². The number of likely N-dealkylation sites (N-methyl/N-ethyl adjacent to an activating group) is 1. The fraction of sp³-hybridized carbons (Fsp3) is 0.562. The molecule has 0 amide bonds. The number of benzene rings is 1. The summed E-state index contributed by atoms with van der Waals surface area (Å²) in [7, 11) is 1.60. The molecule has 1 atom stereocenters. The number of halogens is 1. The van der Waals surface area contributed by atoms with E-state index in [1.807, 2.05) is 18.2 Å². The molecule has 0 aromatic heterocycles. The van der Waals surface area contributed by atoms with E-state index in [0.29, 0.717) is 29.3 Å².